The summed E-state index contributed by atoms with van der Waals surface area (Å²) in [7, 11) is 0. The highest BCUT2D eigenvalue weighted by Gasteiger charge is 2.11. The van der Waals surface area contributed by atoms with Crippen molar-refractivity contribution in [3.8, 4) is 0 Å². The molecule has 4 nitrogen and oxygen atoms in total. The maximum absolute atomic E-state index is 10.5. The zero-order valence-corrected chi connectivity index (χ0v) is 12.2. The number of aliphatic hydroxyl groups excluding tert-OH is 1. The first-order chi connectivity index (χ1) is 8.56. The maximum atomic E-state index is 10.5. The molecule has 1 unspecified atom stereocenters. The van der Waals surface area contributed by atoms with E-state index >= 15 is 0 Å². The summed E-state index contributed by atoms with van der Waals surface area (Å²) >= 11 is 3.80. The normalized spacial score (nSPS) is 12.3. The van der Waals surface area contributed by atoms with Crippen LogP contribution in [0.25, 0.3) is 0 Å². The van der Waals surface area contributed by atoms with Crippen molar-refractivity contribution in [3.63, 3.8) is 0 Å². The minimum Gasteiger partial charge on any atom is -0.388 e. The van der Waals surface area contributed by atoms with Crippen molar-refractivity contribution < 1.29 is 10.0 Å². The van der Waals surface area contributed by atoms with Gasteiger partial charge in [0, 0.05) is 18.6 Å². The Bertz CT molecular complexity index is 553. The van der Waals surface area contributed by atoms with Crippen LogP contribution in [0.3, 0.4) is 0 Å². The predicted octanol–water partition coefficient (Wildman–Crippen LogP) is 3.54. The van der Waals surface area contributed by atoms with E-state index in [1.807, 2.05) is 11.4 Å². The third-order valence-electron chi connectivity index (χ3n) is 2.55. The van der Waals surface area contributed by atoms with Crippen LogP contribution < -0.4 is 0 Å². The van der Waals surface area contributed by atoms with E-state index in [0.29, 0.717) is 6.42 Å². The monoisotopic (exact) mass is 375 g/mol. The van der Waals surface area contributed by atoms with Gasteiger partial charge in [0.05, 0.1) is 13.9 Å². The van der Waals surface area contributed by atoms with Gasteiger partial charge in [0.1, 0.15) is 0 Å². The number of halogens is 1. The second-order valence-electron chi connectivity index (χ2n) is 3.83. The molecule has 18 heavy (non-hydrogen) atoms. The van der Waals surface area contributed by atoms with Gasteiger partial charge in [0.15, 0.2) is 0 Å². The number of nitro groups is 1. The average Bonchev–Trinajstić information content (AvgIpc) is 2.76. The van der Waals surface area contributed by atoms with Gasteiger partial charge >= 0.3 is 0 Å². The van der Waals surface area contributed by atoms with Gasteiger partial charge in [-0.1, -0.05) is 12.1 Å². The topological polar surface area (TPSA) is 63.4 Å². The minimum absolute atomic E-state index is 0.0679. The van der Waals surface area contributed by atoms with E-state index in [2.05, 4.69) is 22.6 Å². The number of benzene rings is 1. The molecular weight excluding hydrogens is 365 g/mol. The van der Waals surface area contributed by atoms with Crippen molar-refractivity contribution in [2.24, 2.45) is 0 Å². The van der Waals surface area contributed by atoms with Gasteiger partial charge in [-0.25, -0.2) is 0 Å². The SMILES string of the molecule is O=[N+]([O-])c1ccc(CC(O)c2csc(I)c2)cc1. The van der Waals surface area contributed by atoms with Gasteiger partial charge in [-0.05, 0) is 45.2 Å². The van der Waals surface area contributed by atoms with Gasteiger partial charge in [-0.15, -0.1) is 11.3 Å². The van der Waals surface area contributed by atoms with E-state index < -0.39 is 11.0 Å². The third kappa shape index (κ3) is 3.27. The second kappa shape index (κ2) is 5.77. The number of hydrogen-bond donors (Lipinski definition) is 1. The van der Waals surface area contributed by atoms with E-state index in [1.165, 1.54) is 12.1 Å². The Hall–Kier alpha value is -0.990. The van der Waals surface area contributed by atoms with E-state index in [4.69, 9.17) is 0 Å². The lowest BCUT2D eigenvalue weighted by molar-refractivity contribution is -0.384. The van der Waals surface area contributed by atoms with Crippen molar-refractivity contribution in [1.29, 1.82) is 0 Å². The van der Waals surface area contributed by atoms with Crippen LogP contribution in [-0.2, 0) is 6.42 Å². The van der Waals surface area contributed by atoms with Crippen LogP contribution in [-0.4, -0.2) is 10.0 Å². The lowest BCUT2D eigenvalue weighted by Crippen LogP contribution is -2.00. The highest BCUT2D eigenvalue weighted by molar-refractivity contribution is 14.1. The zero-order valence-electron chi connectivity index (χ0n) is 9.25. The van der Waals surface area contributed by atoms with Crippen LogP contribution in [0.5, 0.6) is 0 Å². The van der Waals surface area contributed by atoms with Crippen LogP contribution in [0.1, 0.15) is 17.2 Å². The fourth-order valence-corrected chi connectivity index (χ4v) is 3.01. The summed E-state index contributed by atoms with van der Waals surface area (Å²) in [5, 5.41) is 22.5. The molecule has 1 aromatic heterocycles. The van der Waals surface area contributed by atoms with Crippen molar-refractivity contribution >= 4 is 39.6 Å². The molecule has 0 aliphatic carbocycles. The summed E-state index contributed by atoms with van der Waals surface area (Å²) in [6, 6.07) is 8.22. The molecule has 0 saturated heterocycles. The molecule has 0 amide bonds. The Morgan fingerprint density at radius 2 is 2.06 bits per heavy atom. The molecule has 1 N–H and O–H groups in total. The standard InChI is InChI=1S/C12H10INO3S/c13-12-6-9(7-18-12)11(15)5-8-1-3-10(4-2-8)14(16)17/h1-4,6-7,11,15H,5H2. The number of non-ortho nitro benzene ring substituents is 1. The molecule has 2 rings (SSSR count). The van der Waals surface area contributed by atoms with E-state index in [9.17, 15) is 15.2 Å². The van der Waals surface area contributed by atoms with Gasteiger partial charge in [-0.2, -0.15) is 0 Å². The molecule has 0 aliphatic rings. The Morgan fingerprint density at radius 1 is 1.39 bits per heavy atom. The summed E-state index contributed by atoms with van der Waals surface area (Å²) in [6.07, 6.45) is -0.101. The summed E-state index contributed by atoms with van der Waals surface area (Å²) in [5.74, 6) is 0. The summed E-state index contributed by atoms with van der Waals surface area (Å²) in [5.41, 5.74) is 1.84. The first-order valence-corrected chi connectivity index (χ1v) is 7.17. The fourth-order valence-electron chi connectivity index (χ4n) is 1.59. The molecular formula is C12H10INO3S. The molecule has 1 atom stereocenters. The lowest BCUT2D eigenvalue weighted by Gasteiger charge is -2.08. The molecule has 0 saturated carbocycles. The third-order valence-corrected chi connectivity index (χ3v) is 4.36. The Morgan fingerprint density at radius 3 is 2.56 bits per heavy atom. The van der Waals surface area contributed by atoms with Crippen molar-refractivity contribution in [2.45, 2.75) is 12.5 Å². The zero-order chi connectivity index (χ0) is 13.1. The van der Waals surface area contributed by atoms with Gasteiger partial charge in [0.2, 0.25) is 0 Å². The fraction of sp³-hybridized carbons (Fsp3) is 0.167. The van der Waals surface area contributed by atoms with Crippen LogP contribution in [0, 0.1) is 13.0 Å². The molecule has 0 bridgehead atoms. The first-order valence-electron chi connectivity index (χ1n) is 5.21. The molecule has 1 heterocycles. The van der Waals surface area contributed by atoms with E-state index in [0.717, 1.165) is 14.0 Å². The van der Waals surface area contributed by atoms with Crippen LogP contribution in [0.15, 0.2) is 35.7 Å². The van der Waals surface area contributed by atoms with Crippen molar-refractivity contribution in [3.05, 3.63) is 59.8 Å². The highest BCUT2D eigenvalue weighted by atomic mass is 127. The summed E-state index contributed by atoms with van der Waals surface area (Å²) in [6.45, 7) is 0. The molecule has 0 spiro atoms. The van der Waals surface area contributed by atoms with Gasteiger partial charge in [-0.3, -0.25) is 10.1 Å². The number of rotatable bonds is 4. The van der Waals surface area contributed by atoms with Crippen LogP contribution in [0.2, 0.25) is 0 Å². The number of nitrogens with zero attached hydrogens (tertiary/aromatic N) is 1. The Balaban J connectivity index is 2.07. The molecule has 6 heteroatoms. The lowest BCUT2D eigenvalue weighted by atomic mass is 10.0. The van der Waals surface area contributed by atoms with E-state index in [-0.39, 0.29) is 5.69 Å². The summed E-state index contributed by atoms with van der Waals surface area (Å²) < 4.78 is 1.13. The minimum atomic E-state index is -0.564. The smallest absolute Gasteiger partial charge is 0.269 e. The van der Waals surface area contributed by atoms with Gasteiger partial charge in [0.25, 0.3) is 5.69 Å². The Labute approximate surface area is 122 Å². The molecule has 0 radical (unpaired) electrons. The number of nitro benzene ring substituents is 1. The quantitative estimate of drug-likeness (QED) is 0.505. The van der Waals surface area contributed by atoms with Crippen LogP contribution >= 0.6 is 33.9 Å². The summed E-state index contributed by atoms with van der Waals surface area (Å²) in [4.78, 5) is 10.1. The largest absolute Gasteiger partial charge is 0.388 e. The number of hydrogen-bond acceptors (Lipinski definition) is 4. The van der Waals surface area contributed by atoms with Crippen LogP contribution in [0.4, 0.5) is 5.69 Å². The van der Waals surface area contributed by atoms with Crippen molar-refractivity contribution in [1.82, 2.24) is 0 Å². The first kappa shape index (κ1) is 13.4. The number of thiophene rings is 1. The highest BCUT2D eigenvalue weighted by Crippen LogP contribution is 2.25. The molecule has 94 valence electrons. The average molecular weight is 375 g/mol. The second-order valence-corrected chi connectivity index (χ2v) is 6.63. The maximum Gasteiger partial charge on any atom is 0.269 e. The number of aliphatic hydroxyl groups is 1. The van der Waals surface area contributed by atoms with E-state index in [1.54, 1.807) is 23.5 Å². The molecule has 2 aromatic rings. The molecule has 0 aliphatic heterocycles. The molecule has 1 aromatic carbocycles. The molecule has 0 fully saturated rings. The van der Waals surface area contributed by atoms with Gasteiger partial charge < -0.3 is 5.11 Å². The predicted molar refractivity (Wildman–Crippen MR) is 78.8 cm³/mol. The Kier molecular flexibility index (Phi) is 4.31. The van der Waals surface area contributed by atoms with Crippen molar-refractivity contribution in [2.75, 3.05) is 0 Å².